The van der Waals surface area contributed by atoms with Crippen LogP contribution in [0, 0.1) is 5.92 Å². The first-order valence-corrected chi connectivity index (χ1v) is 8.84. The average Bonchev–Trinajstić information content (AvgIpc) is 2.66. The van der Waals surface area contributed by atoms with Gasteiger partial charge in [-0.1, -0.05) is 0 Å². The lowest BCUT2D eigenvalue weighted by atomic mass is 10.0. The van der Waals surface area contributed by atoms with Crippen LogP contribution in [0.1, 0.15) is 0 Å². The van der Waals surface area contributed by atoms with Gasteiger partial charge in [0.15, 0.2) is 0 Å². The summed E-state index contributed by atoms with van der Waals surface area (Å²) in [6.07, 6.45) is 5.21. The molecule has 0 bridgehead atoms. The summed E-state index contributed by atoms with van der Waals surface area (Å²) in [5.41, 5.74) is 1.63. The van der Waals surface area contributed by atoms with E-state index in [-0.39, 0.29) is 5.56 Å². The van der Waals surface area contributed by atoms with E-state index >= 15 is 0 Å². The van der Waals surface area contributed by atoms with Crippen LogP contribution >= 0.6 is 0 Å². The van der Waals surface area contributed by atoms with E-state index in [1.54, 1.807) is 35.4 Å². The van der Waals surface area contributed by atoms with Gasteiger partial charge in [0.05, 0.1) is 12.2 Å². The van der Waals surface area contributed by atoms with Crippen molar-refractivity contribution in [1.82, 2.24) is 24.7 Å². The molecule has 27 heavy (non-hydrogen) atoms. The van der Waals surface area contributed by atoms with Gasteiger partial charge in [-0.15, -0.1) is 0 Å². The topological polar surface area (TPSA) is 80.0 Å². The number of aromatic nitrogens is 5. The maximum atomic E-state index is 12.2. The lowest BCUT2D eigenvalue weighted by Crippen LogP contribution is -2.50. The van der Waals surface area contributed by atoms with Crippen LogP contribution in [0.3, 0.4) is 0 Å². The highest BCUT2D eigenvalue weighted by Crippen LogP contribution is 2.23. The first-order valence-electron chi connectivity index (χ1n) is 8.84. The summed E-state index contributed by atoms with van der Waals surface area (Å²) in [7, 11) is 3.91. The minimum absolute atomic E-state index is 0.0860. The van der Waals surface area contributed by atoms with Crippen molar-refractivity contribution in [2.24, 2.45) is 5.92 Å². The third kappa shape index (κ3) is 3.64. The molecule has 0 N–H and O–H groups in total. The molecule has 1 saturated heterocycles. The second-order valence-corrected chi connectivity index (χ2v) is 6.86. The van der Waals surface area contributed by atoms with Crippen molar-refractivity contribution in [2.75, 3.05) is 37.0 Å². The summed E-state index contributed by atoms with van der Waals surface area (Å²) in [4.78, 5) is 29.2. The van der Waals surface area contributed by atoms with Crippen molar-refractivity contribution in [3.63, 3.8) is 0 Å². The van der Waals surface area contributed by atoms with E-state index < -0.39 is 0 Å². The van der Waals surface area contributed by atoms with Crippen LogP contribution < -0.4 is 15.4 Å². The fourth-order valence-electron chi connectivity index (χ4n) is 3.09. The maximum absolute atomic E-state index is 12.2. The zero-order valence-electron chi connectivity index (χ0n) is 15.4. The molecule has 0 amide bonds. The van der Waals surface area contributed by atoms with Gasteiger partial charge in [-0.3, -0.25) is 9.78 Å². The number of anilines is 2. The normalized spacial score (nSPS) is 14.1. The molecule has 0 spiro atoms. The van der Waals surface area contributed by atoms with Crippen LogP contribution in [-0.2, 0) is 6.54 Å². The van der Waals surface area contributed by atoms with Crippen molar-refractivity contribution in [3.05, 3.63) is 59.3 Å². The third-order valence-corrected chi connectivity index (χ3v) is 4.60. The maximum Gasteiger partial charge on any atom is 0.266 e. The van der Waals surface area contributed by atoms with Gasteiger partial charge in [-0.25, -0.2) is 9.67 Å². The van der Waals surface area contributed by atoms with Crippen molar-refractivity contribution in [1.29, 1.82) is 0 Å². The summed E-state index contributed by atoms with van der Waals surface area (Å²) in [5, 5.41) is 4.52. The van der Waals surface area contributed by atoms with Gasteiger partial charge in [0, 0.05) is 63.3 Å². The van der Waals surface area contributed by atoms with E-state index in [1.165, 1.54) is 0 Å². The van der Waals surface area contributed by atoms with Gasteiger partial charge in [-0.2, -0.15) is 10.1 Å². The smallest absolute Gasteiger partial charge is 0.266 e. The highest BCUT2D eigenvalue weighted by Gasteiger charge is 2.29. The predicted octanol–water partition coefficient (Wildman–Crippen LogP) is 1.30. The van der Waals surface area contributed by atoms with E-state index in [9.17, 15) is 4.79 Å². The predicted molar refractivity (Wildman–Crippen MR) is 104 cm³/mol. The van der Waals surface area contributed by atoms with Gasteiger partial charge < -0.3 is 9.80 Å². The lowest BCUT2D eigenvalue weighted by molar-refractivity contribution is 0.331. The molecule has 3 aromatic heterocycles. The Morgan fingerprint density at radius 3 is 2.59 bits per heavy atom. The molecule has 8 heteroatoms. The summed E-state index contributed by atoms with van der Waals surface area (Å²) in [5.74, 6) is 1.95. The highest BCUT2D eigenvalue weighted by atomic mass is 16.1. The Morgan fingerprint density at radius 1 is 1.07 bits per heavy atom. The molecule has 3 aromatic rings. The molecule has 0 atom stereocenters. The molecule has 1 aliphatic rings. The zero-order chi connectivity index (χ0) is 18.8. The quantitative estimate of drug-likeness (QED) is 0.676. The van der Waals surface area contributed by atoms with E-state index in [1.807, 2.05) is 37.2 Å². The second kappa shape index (κ2) is 7.14. The molecular formula is C19H21N7O. The number of hydrogen-bond donors (Lipinski definition) is 0. The molecule has 1 fully saturated rings. The molecule has 0 aliphatic carbocycles. The van der Waals surface area contributed by atoms with Gasteiger partial charge in [-0.05, 0) is 24.3 Å². The summed E-state index contributed by atoms with van der Waals surface area (Å²) in [6, 6.07) is 8.98. The molecule has 8 nitrogen and oxygen atoms in total. The van der Waals surface area contributed by atoms with Crippen LogP contribution in [0.2, 0.25) is 0 Å². The minimum Gasteiger partial charge on any atom is -0.363 e. The number of nitrogens with zero attached hydrogens (tertiary/aromatic N) is 7. The van der Waals surface area contributed by atoms with Gasteiger partial charge in [0.1, 0.15) is 5.82 Å². The third-order valence-electron chi connectivity index (χ3n) is 4.60. The van der Waals surface area contributed by atoms with E-state index in [0.717, 1.165) is 36.1 Å². The Hall–Kier alpha value is -3.29. The molecule has 4 rings (SSSR count). The Balaban J connectivity index is 1.44. The largest absolute Gasteiger partial charge is 0.363 e. The Kier molecular flexibility index (Phi) is 4.53. The molecule has 1 aliphatic heterocycles. The molecule has 0 radical (unpaired) electrons. The van der Waals surface area contributed by atoms with Gasteiger partial charge >= 0.3 is 0 Å². The molecule has 0 saturated carbocycles. The molecule has 0 aromatic carbocycles. The van der Waals surface area contributed by atoms with Crippen molar-refractivity contribution >= 4 is 11.8 Å². The minimum atomic E-state index is -0.0860. The van der Waals surface area contributed by atoms with E-state index in [4.69, 9.17) is 0 Å². The Labute approximate surface area is 157 Å². The zero-order valence-corrected chi connectivity index (χ0v) is 15.4. The van der Waals surface area contributed by atoms with Crippen LogP contribution in [0.5, 0.6) is 0 Å². The van der Waals surface area contributed by atoms with E-state index in [0.29, 0.717) is 12.5 Å². The van der Waals surface area contributed by atoms with E-state index in [2.05, 4.69) is 25.0 Å². The fourth-order valence-corrected chi connectivity index (χ4v) is 3.09. The number of pyridine rings is 1. The van der Waals surface area contributed by atoms with Gasteiger partial charge in [0.2, 0.25) is 5.95 Å². The highest BCUT2D eigenvalue weighted by molar-refractivity contribution is 5.57. The first kappa shape index (κ1) is 17.1. The number of hydrogen-bond acceptors (Lipinski definition) is 7. The van der Waals surface area contributed by atoms with Crippen LogP contribution in [0.25, 0.3) is 11.3 Å². The fraction of sp³-hybridized carbons (Fsp3) is 0.316. The molecule has 138 valence electrons. The van der Waals surface area contributed by atoms with Crippen LogP contribution in [0.4, 0.5) is 11.8 Å². The molecule has 0 unspecified atom stereocenters. The summed E-state index contributed by atoms with van der Waals surface area (Å²) < 4.78 is 1.55. The molecule has 4 heterocycles. The Bertz CT molecular complexity index is 981. The summed E-state index contributed by atoms with van der Waals surface area (Å²) >= 11 is 0. The monoisotopic (exact) mass is 363 g/mol. The standard InChI is InChI=1S/C19H21N7O/c1-24(2)17-7-10-21-19(22-17)25-11-14(12-25)13-26-18(27)4-3-16(23-26)15-5-8-20-9-6-15/h3-10,14H,11-13H2,1-2H3. The second-order valence-electron chi connectivity index (χ2n) is 6.86. The SMILES string of the molecule is CN(C)c1ccnc(N2CC(Cn3nc(-c4ccncc4)ccc3=O)C2)n1. The van der Waals surface area contributed by atoms with Crippen molar-refractivity contribution in [3.8, 4) is 11.3 Å². The Morgan fingerprint density at radius 2 is 1.85 bits per heavy atom. The van der Waals surface area contributed by atoms with Gasteiger partial charge in [0.25, 0.3) is 5.56 Å². The van der Waals surface area contributed by atoms with Crippen LogP contribution in [-0.4, -0.2) is 51.9 Å². The van der Waals surface area contributed by atoms with Crippen molar-refractivity contribution < 1.29 is 0 Å². The van der Waals surface area contributed by atoms with Crippen molar-refractivity contribution in [2.45, 2.75) is 6.54 Å². The van der Waals surface area contributed by atoms with Crippen LogP contribution in [0.15, 0.2) is 53.7 Å². The molecular weight excluding hydrogens is 342 g/mol. The number of rotatable bonds is 5. The summed E-state index contributed by atoms with van der Waals surface area (Å²) in [6.45, 7) is 2.20. The first-order chi connectivity index (χ1) is 13.1. The lowest BCUT2D eigenvalue weighted by Gasteiger charge is -2.39. The average molecular weight is 363 g/mol.